The van der Waals surface area contributed by atoms with Gasteiger partial charge in [0.1, 0.15) is 17.6 Å². The lowest BCUT2D eigenvalue weighted by Gasteiger charge is -2.59. The summed E-state index contributed by atoms with van der Waals surface area (Å²) in [7, 11) is -3.39. The molecule has 0 aromatic heterocycles. The van der Waals surface area contributed by atoms with E-state index in [0.717, 1.165) is 55.8 Å². The van der Waals surface area contributed by atoms with Crippen LogP contribution < -0.4 is 14.8 Å². The van der Waals surface area contributed by atoms with Gasteiger partial charge in [-0.25, -0.2) is 13.1 Å². The van der Waals surface area contributed by atoms with Crippen molar-refractivity contribution in [3.63, 3.8) is 0 Å². The number of sulfonamides is 1. The lowest BCUT2D eigenvalue weighted by Crippen LogP contribution is -2.69. The quantitative estimate of drug-likeness (QED) is 0.534. The molecule has 1 spiro atoms. The maximum absolute atomic E-state index is 12.5. The van der Waals surface area contributed by atoms with Gasteiger partial charge in [-0.05, 0) is 63.8 Å². The number of amides is 1. The Morgan fingerprint density at radius 3 is 2.84 bits per heavy atom. The van der Waals surface area contributed by atoms with Crippen molar-refractivity contribution in [2.75, 3.05) is 24.2 Å². The minimum absolute atomic E-state index is 0.0291. The van der Waals surface area contributed by atoms with Gasteiger partial charge in [0.05, 0.1) is 17.5 Å². The number of phenolic OH excluding ortho intramolecular Hbond substituents is 1. The Bertz CT molecular complexity index is 1070. The smallest absolute Gasteiger partial charge is 0.211 e. The summed E-state index contributed by atoms with van der Waals surface area (Å²) in [5, 5.41) is 13.7. The number of anilines is 1. The zero-order valence-corrected chi connectivity index (χ0v) is 19.2. The number of carbonyl (C=O) groups excluding carboxylic acids is 1. The fraction of sp³-hybridized carbons (Fsp3) is 0.696. The molecule has 2 bridgehead atoms. The van der Waals surface area contributed by atoms with Crippen LogP contribution in [0.25, 0.3) is 0 Å². The monoisotopic (exact) mass is 461 g/mol. The zero-order valence-electron chi connectivity index (χ0n) is 18.3. The van der Waals surface area contributed by atoms with E-state index in [1.807, 2.05) is 0 Å². The number of nitrogens with one attached hydrogen (secondary N) is 2. The van der Waals surface area contributed by atoms with Gasteiger partial charge in [-0.3, -0.25) is 9.69 Å². The van der Waals surface area contributed by atoms with Gasteiger partial charge in [-0.1, -0.05) is 0 Å². The molecule has 1 saturated heterocycles. The van der Waals surface area contributed by atoms with Crippen LogP contribution in [-0.2, 0) is 26.7 Å². The normalized spacial score (nSPS) is 35.2. The summed E-state index contributed by atoms with van der Waals surface area (Å²) in [6.45, 7) is 3.71. The zero-order chi connectivity index (χ0) is 22.3. The Morgan fingerprint density at radius 1 is 1.31 bits per heavy atom. The van der Waals surface area contributed by atoms with Crippen LogP contribution in [0.15, 0.2) is 6.07 Å². The molecular weight excluding hydrogens is 430 g/mol. The molecule has 3 fully saturated rings. The van der Waals surface area contributed by atoms with Gasteiger partial charge in [0.2, 0.25) is 16.4 Å². The highest BCUT2D eigenvalue weighted by Crippen LogP contribution is 2.65. The molecule has 1 aromatic carbocycles. The highest BCUT2D eigenvalue weighted by molar-refractivity contribution is 7.89. The van der Waals surface area contributed by atoms with E-state index in [1.54, 1.807) is 13.0 Å². The van der Waals surface area contributed by atoms with Gasteiger partial charge in [0.25, 0.3) is 0 Å². The molecule has 0 radical (unpaired) electrons. The molecule has 2 aliphatic heterocycles. The van der Waals surface area contributed by atoms with Crippen molar-refractivity contribution in [1.82, 2.24) is 9.62 Å². The first kappa shape index (κ1) is 20.7. The summed E-state index contributed by atoms with van der Waals surface area (Å²) in [6.07, 6.45) is 6.17. The third-order valence-corrected chi connectivity index (χ3v) is 10.1. The first-order valence-corrected chi connectivity index (χ1v) is 13.5. The lowest BCUT2D eigenvalue weighted by atomic mass is 9.51. The molecule has 5 aliphatic rings. The molecule has 1 amide bonds. The van der Waals surface area contributed by atoms with Crippen molar-refractivity contribution in [1.29, 1.82) is 0 Å². The maximum Gasteiger partial charge on any atom is 0.211 e. The number of rotatable bonds is 7. The van der Waals surface area contributed by atoms with Crippen LogP contribution in [0.5, 0.6) is 11.5 Å². The molecule has 5 atom stereocenters. The molecule has 2 heterocycles. The molecule has 1 aromatic rings. The van der Waals surface area contributed by atoms with Crippen molar-refractivity contribution < 1.29 is 23.1 Å². The summed E-state index contributed by atoms with van der Waals surface area (Å²) >= 11 is 0. The molecule has 9 heteroatoms. The second-order valence-electron chi connectivity index (χ2n) is 10.2. The summed E-state index contributed by atoms with van der Waals surface area (Å²) in [6, 6.07) is 1.59. The Kier molecular flexibility index (Phi) is 4.59. The number of benzene rings is 1. The Balaban J connectivity index is 1.49. The van der Waals surface area contributed by atoms with Crippen molar-refractivity contribution in [2.45, 2.75) is 69.1 Å². The fourth-order valence-corrected chi connectivity index (χ4v) is 8.04. The third-order valence-electron chi connectivity index (χ3n) is 8.67. The van der Waals surface area contributed by atoms with E-state index in [0.29, 0.717) is 29.8 Å². The van der Waals surface area contributed by atoms with Crippen molar-refractivity contribution in [3.05, 3.63) is 17.2 Å². The number of ether oxygens (including phenoxy) is 1. The van der Waals surface area contributed by atoms with Gasteiger partial charge in [0, 0.05) is 35.2 Å². The van der Waals surface area contributed by atoms with E-state index in [9.17, 15) is 18.3 Å². The number of hydrogen-bond donors (Lipinski definition) is 3. The van der Waals surface area contributed by atoms with Gasteiger partial charge >= 0.3 is 0 Å². The number of phenols is 1. The highest BCUT2D eigenvalue weighted by atomic mass is 32.2. The third kappa shape index (κ3) is 2.86. The van der Waals surface area contributed by atoms with Crippen LogP contribution >= 0.6 is 0 Å². The van der Waals surface area contributed by atoms with E-state index in [4.69, 9.17) is 4.74 Å². The Morgan fingerprint density at radius 2 is 2.12 bits per heavy atom. The summed E-state index contributed by atoms with van der Waals surface area (Å²) in [5.74, 6) is 1.99. The predicted octanol–water partition coefficient (Wildman–Crippen LogP) is 1.72. The number of nitrogens with zero attached hydrogens (tertiary/aromatic N) is 1. The van der Waals surface area contributed by atoms with Crippen LogP contribution in [0, 0.1) is 11.8 Å². The van der Waals surface area contributed by atoms with Gasteiger partial charge in [-0.2, -0.15) is 0 Å². The van der Waals surface area contributed by atoms with E-state index in [1.165, 1.54) is 12.8 Å². The van der Waals surface area contributed by atoms with Crippen molar-refractivity contribution >= 4 is 22.1 Å². The first-order chi connectivity index (χ1) is 15.4. The van der Waals surface area contributed by atoms with Crippen molar-refractivity contribution in [3.8, 4) is 11.5 Å². The molecule has 8 nitrogen and oxygen atoms in total. The first-order valence-electron chi connectivity index (χ1n) is 11.9. The topological polar surface area (TPSA) is 108 Å². The maximum atomic E-state index is 12.5. The molecule has 3 aliphatic carbocycles. The average molecular weight is 462 g/mol. The number of aromatic hydroxyl groups is 1. The minimum atomic E-state index is -3.39. The summed E-state index contributed by atoms with van der Waals surface area (Å²) in [4.78, 5) is 13.9. The molecule has 174 valence electrons. The fourth-order valence-electron chi connectivity index (χ4n) is 7.17. The van der Waals surface area contributed by atoms with E-state index in [2.05, 4.69) is 14.9 Å². The lowest BCUT2D eigenvalue weighted by molar-refractivity contribution is -0.105. The number of carbonyl (C=O) groups is 1. The second-order valence-corrected chi connectivity index (χ2v) is 12.3. The molecule has 3 N–H and O–H groups in total. The van der Waals surface area contributed by atoms with Gasteiger partial charge in [-0.15, -0.1) is 0 Å². The number of hydrogen-bond acceptors (Lipinski definition) is 6. The van der Waals surface area contributed by atoms with Crippen LogP contribution in [0.1, 0.15) is 50.2 Å². The van der Waals surface area contributed by atoms with Gasteiger partial charge < -0.3 is 15.2 Å². The largest absolute Gasteiger partial charge is 0.508 e. The highest BCUT2D eigenvalue weighted by Gasteiger charge is 2.66. The van der Waals surface area contributed by atoms with Crippen LogP contribution in [0.4, 0.5) is 5.69 Å². The SMILES string of the molecule is CCS(=O)(=O)N[C@@H]1CC[C@H]2[C@H]3Cc4c(O)cc(NC=O)c5c4[C@@]2(CCN3CC2CC2)[C@H]1O5. The van der Waals surface area contributed by atoms with Crippen molar-refractivity contribution in [2.24, 2.45) is 11.8 Å². The number of likely N-dealkylation sites (tertiary alicyclic amines) is 1. The molecule has 0 unspecified atom stereocenters. The Hall–Kier alpha value is -1.84. The standard InChI is InChI=1S/C23H31N3O5S/c1-2-32(29,30)25-16-6-5-15-18-9-14-19(28)10-17(24-12-27)21-20(14)23(15,22(16)31-21)7-8-26(18)11-13-3-4-13/h10,12-13,15-16,18,22,25,28H,2-9,11H2,1H3,(H,24,27)/t15-,16+,18+,22-,23-/m0/s1. The Labute approximate surface area is 188 Å². The van der Waals surface area contributed by atoms with E-state index >= 15 is 0 Å². The molecule has 2 saturated carbocycles. The predicted molar refractivity (Wildman–Crippen MR) is 119 cm³/mol. The van der Waals surface area contributed by atoms with E-state index in [-0.39, 0.29) is 29.1 Å². The van der Waals surface area contributed by atoms with E-state index < -0.39 is 10.0 Å². The van der Waals surface area contributed by atoms with Gasteiger partial charge in [0.15, 0.2) is 0 Å². The molecular formula is C23H31N3O5S. The number of piperidine rings is 1. The van der Waals surface area contributed by atoms with Crippen LogP contribution in [0.2, 0.25) is 0 Å². The summed E-state index contributed by atoms with van der Waals surface area (Å²) < 4.78 is 34.5. The second kappa shape index (κ2) is 7.08. The van der Waals surface area contributed by atoms with Crippen LogP contribution in [0.3, 0.4) is 0 Å². The summed E-state index contributed by atoms with van der Waals surface area (Å²) in [5.41, 5.74) is 2.05. The molecule has 32 heavy (non-hydrogen) atoms. The molecule has 6 rings (SSSR count). The minimum Gasteiger partial charge on any atom is -0.508 e. The van der Waals surface area contributed by atoms with Crippen LogP contribution in [-0.4, -0.2) is 61.9 Å². The average Bonchev–Trinajstić information content (AvgIpc) is 3.51.